The van der Waals surface area contributed by atoms with Crippen LogP contribution in [0.3, 0.4) is 0 Å². The van der Waals surface area contributed by atoms with Gasteiger partial charge in [0, 0.05) is 39.7 Å². The SMILES string of the molecule is c1cc2cc(c1)-c1ccc(cc1)-c1ccc3ccc4ccc(nc4c3n1)-c1ccc(cc1)-c1cccc(c1)-c1ccc(cc1)-c1ccc(cc1)OCCOc1cccc(c1)-c1cc(ccn1)OCCOc1ccc-2cc1. The Labute approximate surface area is 441 Å². The fourth-order valence-corrected chi connectivity index (χ4v) is 9.90. The lowest BCUT2D eigenvalue weighted by molar-refractivity contribution is 0.217. The van der Waals surface area contributed by atoms with E-state index < -0.39 is 0 Å². The second kappa shape index (κ2) is 20.6. The molecule has 0 saturated carbocycles. The Kier molecular flexibility index (Phi) is 12.4. The summed E-state index contributed by atoms with van der Waals surface area (Å²) in [6.07, 6.45) is 1.76. The molecule has 3 aromatic heterocycles. The third-order valence-corrected chi connectivity index (χ3v) is 14.0. The van der Waals surface area contributed by atoms with Crippen LogP contribution in [0.25, 0.3) is 111 Å². The van der Waals surface area contributed by atoms with E-state index >= 15 is 0 Å². The monoisotopic (exact) mass is 983 g/mol. The molecule has 11 heterocycles. The van der Waals surface area contributed by atoms with Gasteiger partial charge in [0.2, 0.25) is 0 Å². The lowest BCUT2D eigenvalue weighted by Crippen LogP contribution is -2.09. The van der Waals surface area contributed by atoms with Gasteiger partial charge in [-0.15, -0.1) is 0 Å². The van der Waals surface area contributed by atoms with Crippen molar-refractivity contribution in [1.29, 1.82) is 0 Å². The van der Waals surface area contributed by atoms with E-state index in [-0.39, 0.29) is 0 Å². The Morgan fingerprint density at radius 1 is 0.237 bits per heavy atom. The highest BCUT2D eigenvalue weighted by molar-refractivity contribution is 6.04. The van der Waals surface area contributed by atoms with E-state index in [1.54, 1.807) is 6.20 Å². The molecule has 76 heavy (non-hydrogen) atoms. The first-order chi connectivity index (χ1) is 37.6. The standard InChI is InChI=1S/C69H49N3O4/c1-4-56-42-57(5-1)49-14-18-52(19-15-49)65-34-28-54-22-23-55-29-35-66(72-69(55)68(54)71-65)53-20-16-50(17-21-53)58-6-2-7-59(43-58)51-26-32-62(33-27-51)74-39-41-76-64-36-37-70-67(45-64)60-8-3-9-63(44-60)75-40-38-73-61-30-24-47(25-31-61)46-10-12-48(56)13-11-46/h1-37,42-45H,38-41H2. The zero-order chi connectivity index (χ0) is 50.6. The zero-order valence-corrected chi connectivity index (χ0v) is 41.5. The lowest BCUT2D eigenvalue weighted by atomic mass is 9.96. The molecule has 0 spiro atoms. The molecule has 0 fully saturated rings. The van der Waals surface area contributed by atoms with Crippen LogP contribution in [0.1, 0.15) is 0 Å². The molecule has 0 aliphatic carbocycles. The molecule has 8 aliphatic heterocycles. The average molecular weight is 984 g/mol. The van der Waals surface area contributed by atoms with E-state index in [9.17, 15) is 0 Å². The highest BCUT2D eigenvalue weighted by Crippen LogP contribution is 2.35. The van der Waals surface area contributed by atoms with Crippen molar-refractivity contribution in [3.63, 3.8) is 0 Å². The summed E-state index contributed by atoms with van der Waals surface area (Å²) in [5.74, 6) is 3.01. The summed E-state index contributed by atoms with van der Waals surface area (Å²) < 4.78 is 24.4. The molecule has 20 rings (SSSR count). The molecule has 7 nitrogen and oxygen atoms in total. The number of benzene rings is 9. The van der Waals surface area contributed by atoms with Crippen LogP contribution in [0.4, 0.5) is 0 Å². The van der Waals surface area contributed by atoms with Crippen molar-refractivity contribution in [2.75, 3.05) is 26.4 Å². The van der Waals surface area contributed by atoms with Gasteiger partial charge in [0.15, 0.2) is 0 Å². The van der Waals surface area contributed by atoms with Crippen molar-refractivity contribution in [1.82, 2.24) is 15.0 Å². The lowest BCUT2D eigenvalue weighted by Gasteiger charge is -2.12. The summed E-state index contributed by atoms with van der Waals surface area (Å²) >= 11 is 0. The van der Waals surface area contributed by atoms with E-state index in [0.717, 1.165) is 128 Å². The van der Waals surface area contributed by atoms with Crippen molar-refractivity contribution in [2.45, 2.75) is 0 Å². The molecule has 22 bridgehead atoms. The summed E-state index contributed by atoms with van der Waals surface area (Å²) in [5, 5.41) is 2.10. The van der Waals surface area contributed by atoms with Gasteiger partial charge in [-0.1, -0.05) is 170 Å². The quantitative estimate of drug-likeness (QED) is 0.140. The topological polar surface area (TPSA) is 75.6 Å². The van der Waals surface area contributed by atoms with Crippen molar-refractivity contribution < 1.29 is 18.9 Å². The van der Waals surface area contributed by atoms with Crippen LogP contribution >= 0.6 is 0 Å². The highest BCUT2D eigenvalue weighted by atomic mass is 16.5. The number of rotatable bonds is 0. The number of pyridine rings is 3. The fourth-order valence-electron chi connectivity index (χ4n) is 9.90. The summed E-state index contributed by atoms with van der Waals surface area (Å²) in [4.78, 5) is 15.1. The van der Waals surface area contributed by atoms with Crippen molar-refractivity contribution in [2.24, 2.45) is 0 Å². The molecule has 8 aliphatic rings. The Morgan fingerprint density at radius 2 is 0.579 bits per heavy atom. The van der Waals surface area contributed by atoms with E-state index in [0.29, 0.717) is 32.2 Å². The highest BCUT2D eigenvalue weighted by Gasteiger charge is 2.12. The first kappa shape index (κ1) is 46.0. The van der Waals surface area contributed by atoms with Gasteiger partial charge in [0.1, 0.15) is 49.4 Å². The molecule has 0 radical (unpaired) electrons. The number of nitrogens with zero attached hydrogens (tertiary/aromatic N) is 3. The third kappa shape index (κ3) is 9.85. The zero-order valence-electron chi connectivity index (χ0n) is 41.5. The van der Waals surface area contributed by atoms with Gasteiger partial charge in [-0.25, -0.2) is 9.97 Å². The van der Waals surface area contributed by atoms with E-state index in [1.165, 1.54) is 0 Å². The summed E-state index contributed by atoms with van der Waals surface area (Å²) in [6.45, 7) is 1.55. The summed E-state index contributed by atoms with van der Waals surface area (Å²) in [6, 6.07) is 84.3. The van der Waals surface area contributed by atoms with Crippen LogP contribution < -0.4 is 18.9 Å². The van der Waals surface area contributed by atoms with Crippen molar-refractivity contribution in [3.05, 3.63) is 249 Å². The molecular weight excluding hydrogens is 935 g/mol. The Morgan fingerprint density at radius 3 is 1.03 bits per heavy atom. The molecule has 364 valence electrons. The van der Waals surface area contributed by atoms with Crippen LogP contribution in [-0.4, -0.2) is 41.4 Å². The predicted octanol–water partition coefficient (Wildman–Crippen LogP) is 16.7. The molecule has 0 unspecified atom stereocenters. The Bertz CT molecular complexity index is 4030. The molecule has 9 aromatic carbocycles. The minimum atomic E-state index is 0.377. The van der Waals surface area contributed by atoms with Crippen molar-refractivity contribution in [3.8, 4) is 112 Å². The first-order valence-electron chi connectivity index (χ1n) is 25.6. The molecule has 0 N–H and O–H groups in total. The third-order valence-electron chi connectivity index (χ3n) is 14.0. The molecular formula is C69H49N3O4. The number of fused-ring (bicyclic) bond motifs is 1. The molecule has 7 heteroatoms. The van der Waals surface area contributed by atoms with Gasteiger partial charge in [-0.05, 0) is 122 Å². The summed E-state index contributed by atoms with van der Waals surface area (Å²) in [5.41, 5.74) is 18.7. The smallest absolute Gasteiger partial charge is 0.123 e. The second-order valence-corrected chi connectivity index (χ2v) is 18.8. The number of ether oxygens (including phenoxy) is 4. The maximum Gasteiger partial charge on any atom is 0.123 e. The fraction of sp³-hybridized carbons (Fsp3) is 0.0580. The minimum Gasteiger partial charge on any atom is -0.490 e. The Hall–Kier alpha value is -9.85. The minimum absolute atomic E-state index is 0.377. The van der Waals surface area contributed by atoms with Crippen LogP contribution in [0.5, 0.6) is 23.0 Å². The van der Waals surface area contributed by atoms with Gasteiger partial charge < -0.3 is 18.9 Å². The predicted molar refractivity (Wildman–Crippen MR) is 307 cm³/mol. The van der Waals surface area contributed by atoms with E-state index in [4.69, 9.17) is 28.9 Å². The van der Waals surface area contributed by atoms with Gasteiger partial charge in [-0.3, -0.25) is 4.98 Å². The van der Waals surface area contributed by atoms with Gasteiger partial charge in [-0.2, -0.15) is 0 Å². The maximum absolute atomic E-state index is 6.11. The maximum atomic E-state index is 6.11. The van der Waals surface area contributed by atoms with Gasteiger partial charge in [0.05, 0.1) is 28.1 Å². The number of hydrogen-bond acceptors (Lipinski definition) is 7. The van der Waals surface area contributed by atoms with Crippen LogP contribution in [0, 0.1) is 0 Å². The average Bonchev–Trinajstić information content (AvgIpc) is 3.50. The van der Waals surface area contributed by atoms with Crippen molar-refractivity contribution >= 4 is 21.8 Å². The molecule has 0 amide bonds. The van der Waals surface area contributed by atoms with Crippen LogP contribution in [0.2, 0.25) is 0 Å². The summed E-state index contributed by atoms with van der Waals surface area (Å²) in [7, 11) is 0. The Balaban J connectivity index is 0.780. The molecule has 0 saturated heterocycles. The van der Waals surface area contributed by atoms with Gasteiger partial charge >= 0.3 is 0 Å². The van der Waals surface area contributed by atoms with Gasteiger partial charge in [0.25, 0.3) is 0 Å². The molecule has 12 aromatic rings. The number of aromatic nitrogens is 3. The first-order valence-corrected chi connectivity index (χ1v) is 25.6. The largest absolute Gasteiger partial charge is 0.490 e. The number of hydrogen-bond donors (Lipinski definition) is 0. The van der Waals surface area contributed by atoms with E-state index in [2.05, 4.69) is 187 Å². The molecule has 0 atom stereocenters. The van der Waals surface area contributed by atoms with Crippen LogP contribution in [0.15, 0.2) is 249 Å². The second-order valence-electron chi connectivity index (χ2n) is 18.8. The van der Waals surface area contributed by atoms with E-state index in [1.807, 2.05) is 60.7 Å². The van der Waals surface area contributed by atoms with Crippen LogP contribution in [-0.2, 0) is 0 Å². The normalized spacial score (nSPS) is 12.4.